The SMILES string of the molecule is CC(CC(=O)O)C1CCC(NC(=O)OCc2ccccc2)CC1. The van der Waals surface area contributed by atoms with Gasteiger partial charge in [-0.1, -0.05) is 37.3 Å². The highest BCUT2D eigenvalue weighted by Crippen LogP contribution is 2.31. The monoisotopic (exact) mass is 319 g/mol. The van der Waals surface area contributed by atoms with Gasteiger partial charge in [0.25, 0.3) is 0 Å². The first kappa shape index (κ1) is 17.3. The molecular formula is C18H25NO4. The standard InChI is InChI=1S/C18H25NO4/c1-13(11-17(20)21)15-7-9-16(10-8-15)19-18(22)23-12-14-5-3-2-4-6-14/h2-6,13,15-16H,7-12H2,1H3,(H,19,22)(H,20,21). The number of carboxylic acids is 1. The molecule has 1 atom stereocenters. The number of hydrogen-bond acceptors (Lipinski definition) is 3. The molecule has 0 bridgehead atoms. The van der Waals surface area contributed by atoms with Crippen LogP contribution in [-0.2, 0) is 16.1 Å². The third kappa shape index (κ3) is 5.93. The number of benzene rings is 1. The van der Waals surface area contributed by atoms with Crippen molar-refractivity contribution in [3.8, 4) is 0 Å². The number of rotatable bonds is 6. The largest absolute Gasteiger partial charge is 0.481 e. The molecule has 1 aliphatic carbocycles. The van der Waals surface area contributed by atoms with Crippen molar-refractivity contribution < 1.29 is 19.4 Å². The van der Waals surface area contributed by atoms with Gasteiger partial charge in [0.15, 0.2) is 0 Å². The Bertz CT molecular complexity index is 509. The first-order chi connectivity index (χ1) is 11.0. The average molecular weight is 319 g/mol. The molecule has 1 unspecified atom stereocenters. The first-order valence-electron chi connectivity index (χ1n) is 8.23. The van der Waals surface area contributed by atoms with Gasteiger partial charge in [-0.15, -0.1) is 0 Å². The van der Waals surface area contributed by atoms with Crippen LogP contribution in [0.4, 0.5) is 4.79 Å². The van der Waals surface area contributed by atoms with Crippen LogP contribution in [0.1, 0.15) is 44.6 Å². The molecule has 1 aliphatic rings. The minimum atomic E-state index is -0.734. The zero-order chi connectivity index (χ0) is 16.7. The highest BCUT2D eigenvalue weighted by Gasteiger charge is 2.27. The lowest BCUT2D eigenvalue weighted by Gasteiger charge is -2.31. The zero-order valence-electron chi connectivity index (χ0n) is 13.5. The van der Waals surface area contributed by atoms with Crippen LogP contribution >= 0.6 is 0 Å². The molecule has 5 heteroatoms. The summed E-state index contributed by atoms with van der Waals surface area (Å²) in [6.45, 7) is 2.28. The van der Waals surface area contributed by atoms with Gasteiger partial charge in [0.1, 0.15) is 6.61 Å². The van der Waals surface area contributed by atoms with Crippen LogP contribution in [0.25, 0.3) is 0 Å². The molecule has 23 heavy (non-hydrogen) atoms. The van der Waals surface area contributed by atoms with Crippen LogP contribution in [0, 0.1) is 11.8 Å². The number of amides is 1. The summed E-state index contributed by atoms with van der Waals surface area (Å²) in [5, 5.41) is 11.8. The molecule has 1 aromatic rings. The molecule has 5 nitrogen and oxygen atoms in total. The van der Waals surface area contributed by atoms with Gasteiger partial charge in [-0.3, -0.25) is 4.79 Å². The molecule has 0 aliphatic heterocycles. The van der Waals surface area contributed by atoms with Crippen molar-refractivity contribution in [1.82, 2.24) is 5.32 Å². The van der Waals surface area contributed by atoms with E-state index in [1.165, 1.54) is 0 Å². The number of carbonyl (C=O) groups excluding carboxylic acids is 1. The Kier molecular flexibility index (Phi) is 6.44. The van der Waals surface area contributed by atoms with Gasteiger partial charge in [-0.2, -0.15) is 0 Å². The van der Waals surface area contributed by atoms with E-state index >= 15 is 0 Å². The summed E-state index contributed by atoms with van der Waals surface area (Å²) < 4.78 is 5.23. The number of carbonyl (C=O) groups is 2. The van der Waals surface area contributed by atoms with E-state index in [4.69, 9.17) is 9.84 Å². The molecule has 1 fully saturated rings. The molecule has 1 aromatic carbocycles. The van der Waals surface area contributed by atoms with Crippen LogP contribution in [0.5, 0.6) is 0 Å². The Hall–Kier alpha value is -2.04. The van der Waals surface area contributed by atoms with E-state index in [1.54, 1.807) is 0 Å². The molecule has 1 amide bonds. The zero-order valence-corrected chi connectivity index (χ0v) is 13.5. The minimum Gasteiger partial charge on any atom is -0.481 e. The summed E-state index contributed by atoms with van der Waals surface area (Å²) in [4.78, 5) is 22.6. The van der Waals surface area contributed by atoms with Crippen LogP contribution in [0.15, 0.2) is 30.3 Å². The van der Waals surface area contributed by atoms with E-state index in [9.17, 15) is 9.59 Å². The summed E-state index contributed by atoms with van der Waals surface area (Å²) >= 11 is 0. The average Bonchev–Trinajstić information content (AvgIpc) is 2.54. The van der Waals surface area contributed by atoms with Gasteiger partial charge in [0, 0.05) is 12.5 Å². The minimum absolute atomic E-state index is 0.131. The summed E-state index contributed by atoms with van der Waals surface area (Å²) in [6.07, 6.45) is 3.53. The lowest BCUT2D eigenvalue weighted by molar-refractivity contribution is -0.138. The maximum atomic E-state index is 11.8. The molecule has 1 saturated carbocycles. The second kappa shape index (κ2) is 8.56. The lowest BCUT2D eigenvalue weighted by atomic mass is 9.78. The highest BCUT2D eigenvalue weighted by molar-refractivity contribution is 5.67. The number of ether oxygens (including phenoxy) is 1. The quantitative estimate of drug-likeness (QED) is 0.840. The second-order valence-electron chi connectivity index (χ2n) is 6.39. The number of hydrogen-bond donors (Lipinski definition) is 2. The normalized spacial score (nSPS) is 22.1. The molecule has 2 N–H and O–H groups in total. The number of carboxylic acid groups (broad SMARTS) is 1. The Balaban J connectivity index is 1.67. The van der Waals surface area contributed by atoms with Gasteiger partial charge in [-0.25, -0.2) is 4.79 Å². The summed E-state index contributed by atoms with van der Waals surface area (Å²) in [5.74, 6) is -0.106. The van der Waals surface area contributed by atoms with Crippen molar-refractivity contribution in [2.45, 2.75) is 51.7 Å². The predicted molar refractivity (Wildman–Crippen MR) is 86.9 cm³/mol. The molecule has 0 radical (unpaired) electrons. The van der Waals surface area contributed by atoms with Crippen LogP contribution in [0.3, 0.4) is 0 Å². The van der Waals surface area contributed by atoms with Gasteiger partial charge < -0.3 is 15.2 Å². The number of aliphatic carboxylic acids is 1. The third-order valence-corrected chi connectivity index (χ3v) is 4.61. The topological polar surface area (TPSA) is 75.6 Å². The van der Waals surface area contributed by atoms with Gasteiger partial charge in [0.05, 0.1) is 0 Å². The third-order valence-electron chi connectivity index (χ3n) is 4.61. The van der Waals surface area contributed by atoms with Crippen molar-refractivity contribution in [2.24, 2.45) is 11.8 Å². The summed E-state index contributed by atoms with van der Waals surface area (Å²) in [7, 11) is 0. The Labute approximate surface area is 137 Å². The predicted octanol–water partition coefficient (Wildman–Crippen LogP) is 3.58. The van der Waals surface area contributed by atoms with Crippen molar-refractivity contribution in [3.05, 3.63) is 35.9 Å². The van der Waals surface area contributed by atoms with Crippen LogP contribution < -0.4 is 5.32 Å². The van der Waals surface area contributed by atoms with Gasteiger partial charge in [0.2, 0.25) is 0 Å². The maximum Gasteiger partial charge on any atom is 0.407 e. The molecule has 126 valence electrons. The Morgan fingerprint density at radius 1 is 1.22 bits per heavy atom. The molecule has 0 aromatic heterocycles. The smallest absolute Gasteiger partial charge is 0.407 e. The van der Waals surface area contributed by atoms with Crippen molar-refractivity contribution in [3.63, 3.8) is 0 Å². The van der Waals surface area contributed by atoms with E-state index in [0.717, 1.165) is 31.2 Å². The molecule has 0 spiro atoms. The second-order valence-corrected chi connectivity index (χ2v) is 6.39. The fourth-order valence-electron chi connectivity index (χ4n) is 3.21. The van der Waals surface area contributed by atoms with E-state index in [-0.39, 0.29) is 31.1 Å². The highest BCUT2D eigenvalue weighted by atomic mass is 16.5. The fourth-order valence-corrected chi connectivity index (χ4v) is 3.21. The maximum absolute atomic E-state index is 11.8. The van der Waals surface area contributed by atoms with E-state index in [0.29, 0.717) is 5.92 Å². The van der Waals surface area contributed by atoms with E-state index in [2.05, 4.69) is 5.32 Å². The number of alkyl carbamates (subject to hydrolysis) is 1. The van der Waals surface area contributed by atoms with Gasteiger partial charge in [-0.05, 0) is 43.1 Å². The summed E-state index contributed by atoms with van der Waals surface area (Å²) in [6, 6.07) is 9.72. The molecular weight excluding hydrogens is 294 g/mol. The van der Waals surface area contributed by atoms with E-state index in [1.807, 2.05) is 37.3 Å². The Morgan fingerprint density at radius 2 is 1.87 bits per heavy atom. The number of nitrogens with one attached hydrogen (secondary N) is 1. The first-order valence-corrected chi connectivity index (χ1v) is 8.23. The van der Waals surface area contributed by atoms with Gasteiger partial charge >= 0.3 is 12.1 Å². The molecule has 0 saturated heterocycles. The fraction of sp³-hybridized carbons (Fsp3) is 0.556. The van der Waals surface area contributed by atoms with E-state index < -0.39 is 5.97 Å². The van der Waals surface area contributed by atoms with Crippen molar-refractivity contribution >= 4 is 12.1 Å². The van der Waals surface area contributed by atoms with Crippen molar-refractivity contribution in [1.29, 1.82) is 0 Å². The molecule has 2 rings (SSSR count). The molecule has 0 heterocycles. The van der Waals surface area contributed by atoms with Crippen LogP contribution in [-0.4, -0.2) is 23.2 Å². The lowest BCUT2D eigenvalue weighted by Crippen LogP contribution is -2.38. The summed E-state index contributed by atoms with van der Waals surface area (Å²) in [5.41, 5.74) is 0.967. The van der Waals surface area contributed by atoms with Crippen LogP contribution in [0.2, 0.25) is 0 Å². The van der Waals surface area contributed by atoms with Crippen molar-refractivity contribution in [2.75, 3.05) is 0 Å². The Morgan fingerprint density at radius 3 is 2.48 bits per heavy atom.